The number of hydrogen-bond donors (Lipinski definition) is 3. The number of rotatable bonds is 2. The first-order valence-electron chi connectivity index (χ1n) is 2.78. The zero-order valence-electron chi connectivity index (χ0n) is 6.31. The number of nitrogens with one attached hydrogen (secondary N) is 1. The summed E-state index contributed by atoms with van der Waals surface area (Å²) < 4.78 is 0. The first-order valence-corrected chi connectivity index (χ1v) is 2.78. The summed E-state index contributed by atoms with van der Waals surface area (Å²) in [5.41, 5.74) is 12.9. The molecule has 0 atom stereocenters. The fourth-order valence-corrected chi connectivity index (χ4v) is 0.546. The minimum atomic E-state index is 0. The van der Waals surface area contributed by atoms with Gasteiger partial charge in [-0.1, -0.05) is 0 Å². The summed E-state index contributed by atoms with van der Waals surface area (Å²) in [5, 5.41) is 0. The molecule has 0 fully saturated rings. The van der Waals surface area contributed by atoms with Crippen molar-refractivity contribution in [2.75, 3.05) is 24.1 Å². The summed E-state index contributed by atoms with van der Waals surface area (Å²) in [6.07, 6.45) is 0. The van der Waals surface area contributed by atoms with E-state index in [1.807, 2.05) is 0 Å². The highest BCUT2D eigenvalue weighted by molar-refractivity contribution is 8.93. The first kappa shape index (κ1) is 10.8. The van der Waals surface area contributed by atoms with Crippen LogP contribution in [0.4, 0.5) is 17.8 Å². The first-order chi connectivity index (χ1) is 5.22. The van der Waals surface area contributed by atoms with Crippen molar-refractivity contribution in [3.63, 3.8) is 0 Å². The summed E-state index contributed by atoms with van der Waals surface area (Å²) in [6, 6.07) is 0. The highest BCUT2D eigenvalue weighted by Gasteiger charge is 1.98. The molecule has 1 rings (SSSR count). The van der Waals surface area contributed by atoms with Gasteiger partial charge in [0.2, 0.25) is 11.9 Å². The van der Waals surface area contributed by atoms with E-state index in [0.717, 1.165) is 0 Å². The molecule has 0 radical (unpaired) electrons. The zero-order valence-corrected chi connectivity index (χ0v) is 8.03. The molecule has 0 aliphatic carbocycles. The summed E-state index contributed by atoms with van der Waals surface area (Å²) in [5.74, 6) is 0.298. The van der Waals surface area contributed by atoms with Gasteiger partial charge < -0.3 is 11.5 Å². The lowest BCUT2D eigenvalue weighted by molar-refractivity contribution is 0.267. The number of hydrogen-bond acceptors (Lipinski definition) is 7. The maximum atomic E-state index is 5.25. The fraction of sp³-hybridized carbons (Fsp3) is 0.250. The van der Waals surface area contributed by atoms with Crippen molar-refractivity contribution in [3.05, 3.63) is 0 Å². The van der Waals surface area contributed by atoms with E-state index in [0.29, 0.717) is 0 Å². The molecule has 1 heterocycles. The quantitative estimate of drug-likeness (QED) is 0.599. The lowest BCUT2D eigenvalue weighted by Crippen LogP contribution is -2.08. The van der Waals surface area contributed by atoms with Crippen LogP contribution in [0.3, 0.4) is 0 Å². The van der Waals surface area contributed by atoms with Gasteiger partial charge in [-0.3, -0.25) is 4.84 Å². The molecule has 12 heavy (non-hydrogen) atoms. The van der Waals surface area contributed by atoms with E-state index in [2.05, 4.69) is 25.3 Å². The van der Waals surface area contributed by atoms with Crippen LogP contribution < -0.4 is 16.9 Å². The van der Waals surface area contributed by atoms with Gasteiger partial charge in [0.15, 0.2) is 0 Å². The van der Waals surface area contributed by atoms with Gasteiger partial charge in [0.05, 0.1) is 7.11 Å². The van der Waals surface area contributed by atoms with Crippen molar-refractivity contribution >= 4 is 34.8 Å². The van der Waals surface area contributed by atoms with Crippen LogP contribution in [0.5, 0.6) is 0 Å². The lowest BCUT2D eigenvalue weighted by Gasteiger charge is -2.00. The van der Waals surface area contributed by atoms with Gasteiger partial charge >= 0.3 is 0 Å². The molecule has 7 nitrogen and oxygen atoms in total. The predicted molar refractivity (Wildman–Crippen MR) is 49.6 cm³/mol. The van der Waals surface area contributed by atoms with Crippen LogP contribution in [0, 0.1) is 0 Å². The van der Waals surface area contributed by atoms with Crippen molar-refractivity contribution in [1.29, 1.82) is 0 Å². The van der Waals surface area contributed by atoms with E-state index < -0.39 is 0 Å². The molecule has 0 amide bonds. The van der Waals surface area contributed by atoms with Crippen LogP contribution in [0.15, 0.2) is 0 Å². The molecule has 1 aromatic heterocycles. The van der Waals surface area contributed by atoms with Crippen LogP contribution in [0.25, 0.3) is 0 Å². The molecule has 68 valence electrons. The number of nitrogens with zero attached hydrogens (tertiary/aromatic N) is 3. The molecular weight excluding hydrogens is 228 g/mol. The molecule has 0 spiro atoms. The van der Waals surface area contributed by atoms with Crippen LogP contribution in [0.1, 0.15) is 0 Å². The van der Waals surface area contributed by atoms with Crippen molar-refractivity contribution in [2.45, 2.75) is 0 Å². The van der Waals surface area contributed by atoms with Crippen molar-refractivity contribution in [3.8, 4) is 0 Å². The van der Waals surface area contributed by atoms with E-state index in [4.69, 9.17) is 11.5 Å². The third-order valence-corrected chi connectivity index (χ3v) is 0.863. The molecule has 5 N–H and O–H groups in total. The number of aromatic nitrogens is 3. The summed E-state index contributed by atoms with van der Waals surface area (Å²) >= 11 is 0. The lowest BCUT2D eigenvalue weighted by atomic mass is 10.8. The van der Waals surface area contributed by atoms with Gasteiger partial charge in [-0.25, -0.2) is 5.48 Å². The number of nitrogen functional groups attached to an aromatic ring is 2. The van der Waals surface area contributed by atoms with Gasteiger partial charge in [-0.15, -0.1) is 17.0 Å². The molecule has 1 aromatic rings. The Labute approximate surface area is 79.3 Å². The average molecular weight is 237 g/mol. The Morgan fingerprint density at radius 1 is 1.17 bits per heavy atom. The van der Waals surface area contributed by atoms with Crippen LogP contribution >= 0.6 is 17.0 Å². The Morgan fingerprint density at radius 2 is 1.67 bits per heavy atom. The van der Waals surface area contributed by atoms with E-state index in [1.54, 1.807) is 0 Å². The molecular formula is C4H9BrN6O. The second-order valence-corrected chi connectivity index (χ2v) is 1.68. The Kier molecular flexibility index (Phi) is 4.22. The minimum absolute atomic E-state index is 0. The van der Waals surface area contributed by atoms with Gasteiger partial charge in [0, 0.05) is 0 Å². The molecule has 0 bridgehead atoms. The Hall–Kier alpha value is -1.15. The molecule has 8 heteroatoms. The number of nitrogens with two attached hydrogens (primary N) is 2. The number of anilines is 3. The summed E-state index contributed by atoms with van der Waals surface area (Å²) in [7, 11) is 1.43. The molecule has 0 aromatic carbocycles. The van der Waals surface area contributed by atoms with Gasteiger partial charge in [-0.2, -0.15) is 15.0 Å². The van der Waals surface area contributed by atoms with Crippen molar-refractivity contribution in [2.24, 2.45) is 0 Å². The smallest absolute Gasteiger partial charge is 0.253 e. The normalized spacial score (nSPS) is 8.75. The highest BCUT2D eigenvalue weighted by Crippen LogP contribution is 2.01. The second-order valence-electron chi connectivity index (χ2n) is 1.68. The van der Waals surface area contributed by atoms with Crippen molar-refractivity contribution < 1.29 is 4.84 Å². The Morgan fingerprint density at radius 3 is 2.08 bits per heavy atom. The number of halogens is 1. The fourth-order valence-electron chi connectivity index (χ4n) is 0.546. The van der Waals surface area contributed by atoms with Gasteiger partial charge in [0.1, 0.15) is 0 Å². The largest absolute Gasteiger partial charge is 0.368 e. The minimum Gasteiger partial charge on any atom is -0.368 e. The van der Waals surface area contributed by atoms with E-state index in [1.165, 1.54) is 7.11 Å². The molecule has 0 saturated heterocycles. The van der Waals surface area contributed by atoms with Crippen LogP contribution in [0.2, 0.25) is 0 Å². The standard InChI is InChI=1S/C4H8N6O.BrH/c1-11-10-4-8-2(5)7-3(6)9-4;/h1H3,(H5,5,6,7,8,9,10);1H. The van der Waals surface area contributed by atoms with Gasteiger partial charge in [0.25, 0.3) is 5.95 Å². The maximum Gasteiger partial charge on any atom is 0.253 e. The third kappa shape index (κ3) is 2.84. The summed E-state index contributed by atoms with van der Waals surface area (Å²) in [4.78, 5) is 15.4. The van der Waals surface area contributed by atoms with E-state index in [-0.39, 0.29) is 34.8 Å². The van der Waals surface area contributed by atoms with E-state index >= 15 is 0 Å². The summed E-state index contributed by atoms with van der Waals surface area (Å²) in [6.45, 7) is 0. The topological polar surface area (TPSA) is 112 Å². The van der Waals surface area contributed by atoms with Gasteiger partial charge in [-0.05, 0) is 0 Å². The molecule has 0 aliphatic rings. The molecule has 0 aliphatic heterocycles. The second kappa shape index (κ2) is 4.67. The highest BCUT2D eigenvalue weighted by atomic mass is 79.9. The van der Waals surface area contributed by atoms with Crippen LogP contribution in [-0.2, 0) is 4.84 Å². The monoisotopic (exact) mass is 236 g/mol. The average Bonchev–Trinajstić information content (AvgIpc) is 1.85. The van der Waals surface area contributed by atoms with Crippen molar-refractivity contribution in [1.82, 2.24) is 15.0 Å². The zero-order chi connectivity index (χ0) is 8.27. The molecule has 0 saturated carbocycles. The third-order valence-electron chi connectivity index (χ3n) is 0.863. The van der Waals surface area contributed by atoms with Crippen LogP contribution in [-0.4, -0.2) is 22.1 Å². The maximum absolute atomic E-state index is 5.25. The SMILES string of the molecule is Br.CONc1nc(N)nc(N)n1. The Balaban J connectivity index is 0.00000121. The van der Waals surface area contributed by atoms with E-state index in [9.17, 15) is 0 Å². The Bertz CT molecular complexity index is 235. The predicted octanol–water partition coefficient (Wildman–Crippen LogP) is -0.413. The molecule has 0 unspecified atom stereocenters.